The highest BCUT2D eigenvalue weighted by molar-refractivity contribution is 7.92. The first-order chi connectivity index (χ1) is 22.3. The fourth-order valence-electron chi connectivity index (χ4n) is 5.17. The monoisotopic (exact) mass is 654 g/mol. The lowest BCUT2D eigenvalue weighted by atomic mass is 10.1. The van der Waals surface area contributed by atoms with Gasteiger partial charge in [-0.3, -0.25) is 14.7 Å². The first kappa shape index (κ1) is 29.4. The molecule has 0 atom stereocenters. The van der Waals surface area contributed by atoms with Gasteiger partial charge in [-0.05, 0) is 70.6 Å². The number of anilines is 2. The lowest BCUT2D eigenvalue weighted by molar-refractivity contribution is 0.384. The molecule has 14 nitrogen and oxygen atoms in total. The zero-order valence-corrected chi connectivity index (χ0v) is 25.7. The van der Waals surface area contributed by atoms with Crippen molar-refractivity contribution in [2.75, 3.05) is 35.8 Å². The first-order valence-electron chi connectivity index (χ1n) is 14.2. The van der Waals surface area contributed by atoms with Gasteiger partial charge in [0, 0.05) is 43.5 Å². The molecule has 46 heavy (non-hydrogen) atoms. The van der Waals surface area contributed by atoms with Crippen LogP contribution < -0.4 is 9.62 Å². The van der Waals surface area contributed by atoms with Gasteiger partial charge in [-0.2, -0.15) is 4.31 Å². The van der Waals surface area contributed by atoms with Gasteiger partial charge in [-0.1, -0.05) is 24.3 Å². The summed E-state index contributed by atoms with van der Waals surface area (Å²) in [6.07, 6.45) is 4.79. The van der Waals surface area contributed by atoms with Gasteiger partial charge in [0.15, 0.2) is 5.82 Å². The molecule has 1 aliphatic rings. The predicted octanol–water partition coefficient (Wildman–Crippen LogP) is 3.18. The van der Waals surface area contributed by atoms with Crippen molar-refractivity contribution >= 4 is 42.6 Å². The molecule has 0 unspecified atom stereocenters. The van der Waals surface area contributed by atoms with E-state index in [-0.39, 0.29) is 22.9 Å². The third kappa shape index (κ3) is 5.88. The second-order valence-electron chi connectivity index (χ2n) is 10.5. The molecule has 0 saturated carbocycles. The van der Waals surface area contributed by atoms with Crippen molar-refractivity contribution in [3.63, 3.8) is 0 Å². The maximum absolute atomic E-state index is 13.3. The molecule has 3 aromatic heterocycles. The van der Waals surface area contributed by atoms with Gasteiger partial charge in [0.05, 0.1) is 38.9 Å². The van der Waals surface area contributed by atoms with Gasteiger partial charge in [-0.25, -0.2) is 26.9 Å². The Morgan fingerprint density at radius 1 is 0.717 bits per heavy atom. The summed E-state index contributed by atoms with van der Waals surface area (Å²) in [4.78, 5) is 16.0. The Balaban J connectivity index is 1.06. The van der Waals surface area contributed by atoms with Crippen LogP contribution in [0.4, 0.5) is 11.5 Å². The van der Waals surface area contributed by atoms with Crippen molar-refractivity contribution in [1.82, 2.24) is 39.9 Å². The van der Waals surface area contributed by atoms with E-state index in [1.165, 1.54) is 22.6 Å². The van der Waals surface area contributed by atoms with Gasteiger partial charge < -0.3 is 4.90 Å². The molecule has 1 fully saturated rings. The molecule has 0 radical (unpaired) electrons. The number of pyridine rings is 1. The average Bonchev–Trinajstić information content (AvgIpc) is 3.64. The van der Waals surface area contributed by atoms with E-state index in [1.54, 1.807) is 60.9 Å². The number of hydrogen-bond acceptors (Lipinski definition) is 11. The molecule has 6 aromatic rings. The molecular weight excluding hydrogens is 629 g/mol. The van der Waals surface area contributed by atoms with E-state index in [0.717, 1.165) is 5.56 Å². The van der Waals surface area contributed by atoms with Crippen LogP contribution in [0.1, 0.15) is 0 Å². The number of aromatic amines is 1. The lowest BCUT2D eigenvalue weighted by Gasteiger charge is -2.34. The summed E-state index contributed by atoms with van der Waals surface area (Å²) in [6, 6.07) is 21.9. The molecule has 4 heterocycles. The van der Waals surface area contributed by atoms with Crippen LogP contribution in [-0.2, 0) is 20.0 Å². The van der Waals surface area contributed by atoms with Crippen LogP contribution in [0.2, 0.25) is 0 Å². The summed E-state index contributed by atoms with van der Waals surface area (Å²) in [5, 5.41) is 13.6. The topological polar surface area (TPSA) is 180 Å². The summed E-state index contributed by atoms with van der Waals surface area (Å²) in [6.45, 7) is 1.45. The van der Waals surface area contributed by atoms with E-state index in [9.17, 15) is 16.8 Å². The minimum Gasteiger partial charge on any atom is -0.353 e. The number of nitrogens with zero attached hydrogens (tertiary/aromatic N) is 8. The summed E-state index contributed by atoms with van der Waals surface area (Å²) < 4.78 is 56.3. The van der Waals surface area contributed by atoms with E-state index in [0.29, 0.717) is 52.6 Å². The highest BCUT2D eigenvalue weighted by atomic mass is 32.2. The van der Waals surface area contributed by atoms with Crippen molar-refractivity contribution < 1.29 is 16.8 Å². The fourth-order valence-corrected chi connectivity index (χ4v) is 7.65. The van der Waals surface area contributed by atoms with Crippen LogP contribution in [0.3, 0.4) is 0 Å². The van der Waals surface area contributed by atoms with E-state index < -0.39 is 20.0 Å². The molecule has 232 valence electrons. The highest BCUT2D eigenvalue weighted by Crippen LogP contribution is 2.28. The van der Waals surface area contributed by atoms with Crippen LogP contribution in [-0.4, -0.2) is 82.9 Å². The number of H-pyrrole nitrogens is 1. The van der Waals surface area contributed by atoms with Gasteiger partial charge >= 0.3 is 0 Å². The Morgan fingerprint density at radius 3 is 2.22 bits per heavy atom. The average molecular weight is 655 g/mol. The van der Waals surface area contributed by atoms with Gasteiger partial charge in [0.25, 0.3) is 10.0 Å². The maximum Gasteiger partial charge on any atom is 0.261 e. The fraction of sp³-hybridized carbons (Fsp3) is 0.133. The van der Waals surface area contributed by atoms with Crippen molar-refractivity contribution in [2.45, 2.75) is 9.79 Å². The zero-order valence-electron chi connectivity index (χ0n) is 24.1. The maximum atomic E-state index is 13.3. The highest BCUT2D eigenvalue weighted by Gasteiger charge is 2.29. The zero-order chi connectivity index (χ0) is 31.7. The van der Waals surface area contributed by atoms with Crippen LogP contribution >= 0.6 is 0 Å². The number of fused-ring (bicyclic) bond motifs is 1. The second kappa shape index (κ2) is 11.9. The van der Waals surface area contributed by atoms with Gasteiger partial charge in [-0.15, -0.1) is 5.10 Å². The first-order valence-corrected chi connectivity index (χ1v) is 17.1. The molecule has 2 N–H and O–H groups in total. The van der Waals surface area contributed by atoms with E-state index in [1.807, 2.05) is 23.1 Å². The van der Waals surface area contributed by atoms with Crippen molar-refractivity contribution in [3.05, 3.63) is 97.5 Å². The number of hydrogen-bond donors (Lipinski definition) is 2. The molecule has 1 saturated heterocycles. The van der Waals surface area contributed by atoms with Crippen LogP contribution in [0.25, 0.3) is 33.5 Å². The molecule has 7 rings (SSSR count). The third-order valence-electron chi connectivity index (χ3n) is 7.58. The number of benzene rings is 3. The predicted molar refractivity (Wildman–Crippen MR) is 171 cm³/mol. The molecule has 0 aliphatic carbocycles. The number of nitrogens with one attached hydrogen (secondary N) is 2. The van der Waals surface area contributed by atoms with E-state index in [4.69, 9.17) is 4.98 Å². The molecule has 0 bridgehead atoms. The Labute approximate surface area is 264 Å². The molecule has 0 amide bonds. The van der Waals surface area contributed by atoms with E-state index in [2.05, 4.69) is 35.3 Å². The second-order valence-corrected chi connectivity index (χ2v) is 14.1. The Hall–Kier alpha value is -5.32. The summed E-state index contributed by atoms with van der Waals surface area (Å²) in [7, 11) is -7.47. The van der Waals surface area contributed by atoms with Crippen LogP contribution in [0.15, 0.2) is 107 Å². The molecule has 0 spiro atoms. The number of sulfonamides is 2. The molecule has 16 heteroatoms. The van der Waals surface area contributed by atoms with Crippen LogP contribution in [0, 0.1) is 0 Å². The molecular formula is C30H26N10O4S2. The van der Waals surface area contributed by atoms with Crippen molar-refractivity contribution in [1.29, 1.82) is 0 Å². The number of tetrazole rings is 1. The van der Waals surface area contributed by atoms with Gasteiger partial charge in [0.1, 0.15) is 5.82 Å². The summed E-state index contributed by atoms with van der Waals surface area (Å²) in [5.41, 5.74) is 3.83. The number of piperazine rings is 1. The Morgan fingerprint density at radius 2 is 1.48 bits per heavy atom. The quantitative estimate of drug-likeness (QED) is 0.246. The summed E-state index contributed by atoms with van der Waals surface area (Å²) in [5.74, 6) is 1.09. The number of rotatable bonds is 8. The van der Waals surface area contributed by atoms with Crippen molar-refractivity contribution in [2.24, 2.45) is 0 Å². The van der Waals surface area contributed by atoms with Crippen LogP contribution in [0.5, 0.6) is 0 Å². The third-order valence-corrected chi connectivity index (χ3v) is 10.9. The van der Waals surface area contributed by atoms with Crippen molar-refractivity contribution in [3.8, 4) is 22.5 Å². The molecule has 3 aromatic carbocycles. The lowest BCUT2D eigenvalue weighted by Crippen LogP contribution is -2.48. The largest absolute Gasteiger partial charge is 0.353 e. The summed E-state index contributed by atoms with van der Waals surface area (Å²) >= 11 is 0. The van der Waals surface area contributed by atoms with Gasteiger partial charge in [0.2, 0.25) is 10.0 Å². The minimum atomic E-state index is -3.77. The minimum absolute atomic E-state index is 0.156. The Kier molecular flexibility index (Phi) is 7.59. The smallest absolute Gasteiger partial charge is 0.261 e. The van der Waals surface area contributed by atoms with E-state index >= 15 is 0 Å². The standard InChI is InChI=1S/C30H26N10O4S2/c41-45(42,25-4-2-1-3-5-25)36-24-16-23(18-31-19-24)22-8-11-27-28(17-22)33-29(20-32-27)39-12-14-40(15-13-39)46(43,44)26-9-6-21(7-10-26)30-34-37-38-35-30/h1-11,16-20,36H,12-15H2,(H,34,35,37,38). The molecule has 1 aliphatic heterocycles. The normalized spacial score (nSPS) is 14.4. The number of aromatic nitrogens is 7. The SMILES string of the molecule is O=S(=O)(Nc1cncc(-c2ccc3ncc(N4CCN(S(=O)(=O)c5ccc(-c6nnn[nH]6)cc5)CC4)nc3c2)c1)c1ccccc1. The Bertz CT molecular complexity index is 2230.